The Bertz CT molecular complexity index is 1210. The number of nitrogens with one attached hydrogen (secondary N) is 3. The van der Waals surface area contributed by atoms with Crippen LogP contribution in [0.3, 0.4) is 0 Å². The summed E-state index contributed by atoms with van der Waals surface area (Å²) in [5.41, 5.74) is 3.97. The van der Waals surface area contributed by atoms with Gasteiger partial charge in [0.05, 0.1) is 12.3 Å². The number of aryl methyl sites for hydroxylation is 2. The third kappa shape index (κ3) is 12.3. The molecule has 0 saturated heterocycles. The minimum Gasteiger partial charge on any atom is -0.481 e. The van der Waals surface area contributed by atoms with Gasteiger partial charge in [0.25, 0.3) is 0 Å². The Morgan fingerprint density at radius 1 is 1.15 bits per heavy atom. The number of carboxylic acids is 1. The molecular formula is C31H44N4O5S. The molecule has 1 heterocycles. The molecule has 1 unspecified atom stereocenters. The van der Waals surface area contributed by atoms with Gasteiger partial charge in [0, 0.05) is 42.2 Å². The first-order chi connectivity index (χ1) is 19.4. The number of allylic oxidation sites excluding steroid dienone is 2. The third-order valence-electron chi connectivity index (χ3n) is 6.97. The van der Waals surface area contributed by atoms with E-state index in [9.17, 15) is 19.2 Å². The van der Waals surface area contributed by atoms with Crippen molar-refractivity contribution in [3.63, 3.8) is 0 Å². The molecule has 0 aliphatic heterocycles. The summed E-state index contributed by atoms with van der Waals surface area (Å²) in [5, 5.41) is 17.1. The number of benzene rings is 1. The Morgan fingerprint density at radius 2 is 1.85 bits per heavy atom. The zero-order chi connectivity index (χ0) is 30.4. The molecule has 0 saturated carbocycles. The maximum atomic E-state index is 13.0. The first-order valence-corrected chi connectivity index (χ1v) is 15.0. The summed E-state index contributed by atoms with van der Waals surface area (Å²) >= 11 is 1.56. The molecule has 0 fully saturated rings. The van der Waals surface area contributed by atoms with E-state index in [0.29, 0.717) is 5.69 Å². The highest BCUT2D eigenvalue weighted by Crippen LogP contribution is 2.33. The van der Waals surface area contributed by atoms with Gasteiger partial charge in [-0.05, 0) is 68.9 Å². The van der Waals surface area contributed by atoms with E-state index in [-0.39, 0.29) is 35.8 Å². The summed E-state index contributed by atoms with van der Waals surface area (Å²) < 4.78 is 2.04. The molecule has 41 heavy (non-hydrogen) atoms. The Kier molecular flexibility index (Phi) is 13.7. The van der Waals surface area contributed by atoms with Crippen molar-refractivity contribution in [1.82, 2.24) is 15.2 Å². The lowest BCUT2D eigenvalue weighted by Gasteiger charge is -2.27. The van der Waals surface area contributed by atoms with Crippen LogP contribution in [0, 0.1) is 6.92 Å². The summed E-state index contributed by atoms with van der Waals surface area (Å²) in [4.78, 5) is 49.1. The Hall–Kier alpha value is -3.53. The molecule has 4 N–H and O–H groups in total. The standard InChI is InChI=1S/C31H44N4O5S/c1-6-8-9-16-31(4,7-2)41-21-28(37)32-19-27(36)34-26(14-15-29(38)39)30(40)33-24-12-10-23(11-13-24)18-25-17-22(3)20-35(25)5/h6,8,10-13,17,20,26H,7,9,14-16,18-19,21H2,1-5H3,(H,32,37)(H,33,40)(H,34,36)(H,38,39)/b8-6-/t26-,31?/m0/s1. The van der Waals surface area contributed by atoms with Crippen LogP contribution in [-0.2, 0) is 32.6 Å². The van der Waals surface area contributed by atoms with Gasteiger partial charge < -0.3 is 25.6 Å². The number of carbonyl (C=O) groups excluding carboxylic acids is 3. The largest absolute Gasteiger partial charge is 0.481 e. The number of nitrogens with zero attached hydrogens (tertiary/aromatic N) is 1. The quantitative estimate of drug-likeness (QED) is 0.201. The lowest BCUT2D eigenvalue weighted by atomic mass is 10.0. The van der Waals surface area contributed by atoms with Crippen molar-refractivity contribution in [1.29, 1.82) is 0 Å². The van der Waals surface area contributed by atoms with Gasteiger partial charge in [-0.25, -0.2) is 0 Å². The number of amides is 3. The predicted molar refractivity (Wildman–Crippen MR) is 165 cm³/mol. The smallest absolute Gasteiger partial charge is 0.303 e. The van der Waals surface area contributed by atoms with Crippen LogP contribution in [0.15, 0.2) is 48.7 Å². The second-order valence-electron chi connectivity index (χ2n) is 10.5. The number of hydrogen-bond donors (Lipinski definition) is 4. The summed E-state index contributed by atoms with van der Waals surface area (Å²) in [7, 11) is 2.00. The van der Waals surface area contributed by atoms with Gasteiger partial charge in [0.2, 0.25) is 17.7 Å². The SMILES string of the molecule is C/C=C\CCC(C)(CC)SCC(=O)NCC(=O)N[C@@H](CCC(=O)O)C(=O)Nc1ccc(Cc2cc(C)cn2C)cc1. The lowest BCUT2D eigenvalue weighted by molar-refractivity contribution is -0.137. The Labute approximate surface area is 247 Å². The molecule has 0 radical (unpaired) electrons. The number of aromatic nitrogens is 1. The van der Waals surface area contributed by atoms with Crippen molar-refractivity contribution in [3.05, 3.63) is 65.5 Å². The number of aliphatic carboxylic acids is 1. The van der Waals surface area contributed by atoms with Crippen LogP contribution in [-0.4, -0.2) is 56.5 Å². The summed E-state index contributed by atoms with van der Waals surface area (Å²) in [6.07, 6.45) is 9.36. The molecule has 0 aliphatic carbocycles. The van der Waals surface area contributed by atoms with Crippen molar-refractivity contribution in [2.75, 3.05) is 17.6 Å². The van der Waals surface area contributed by atoms with E-state index in [1.807, 2.05) is 39.1 Å². The molecule has 1 aromatic heterocycles. The van der Waals surface area contributed by atoms with Crippen LogP contribution in [0.5, 0.6) is 0 Å². The number of thioether (sulfide) groups is 1. The molecule has 224 valence electrons. The molecule has 10 heteroatoms. The average Bonchev–Trinajstić information content (AvgIpc) is 3.25. The predicted octanol–water partition coefficient (Wildman–Crippen LogP) is 4.59. The zero-order valence-electron chi connectivity index (χ0n) is 24.8. The maximum Gasteiger partial charge on any atom is 0.303 e. The normalized spacial score (nSPS) is 13.4. The fourth-order valence-electron chi connectivity index (χ4n) is 4.27. The van der Waals surface area contributed by atoms with Crippen LogP contribution >= 0.6 is 11.8 Å². The van der Waals surface area contributed by atoms with Gasteiger partial charge in [-0.15, -0.1) is 11.8 Å². The lowest BCUT2D eigenvalue weighted by Crippen LogP contribution is -2.48. The van der Waals surface area contributed by atoms with Gasteiger partial charge in [0.1, 0.15) is 6.04 Å². The van der Waals surface area contributed by atoms with E-state index < -0.39 is 23.8 Å². The van der Waals surface area contributed by atoms with E-state index in [2.05, 4.69) is 52.7 Å². The van der Waals surface area contributed by atoms with Gasteiger partial charge in [-0.2, -0.15) is 0 Å². The molecule has 3 amide bonds. The first kappa shape index (κ1) is 33.7. The zero-order valence-corrected chi connectivity index (χ0v) is 25.6. The highest BCUT2D eigenvalue weighted by Gasteiger charge is 2.24. The van der Waals surface area contributed by atoms with Crippen LogP contribution < -0.4 is 16.0 Å². The first-order valence-electron chi connectivity index (χ1n) is 14.0. The van der Waals surface area contributed by atoms with Crippen molar-refractivity contribution < 1.29 is 24.3 Å². The van der Waals surface area contributed by atoms with Gasteiger partial charge in [0.15, 0.2) is 0 Å². The molecule has 1 aromatic carbocycles. The molecule has 2 rings (SSSR count). The molecule has 0 aliphatic rings. The third-order valence-corrected chi connectivity index (χ3v) is 8.57. The fourth-order valence-corrected chi connectivity index (χ4v) is 5.32. The summed E-state index contributed by atoms with van der Waals surface area (Å²) in [6.45, 7) is 7.95. The van der Waals surface area contributed by atoms with E-state index in [4.69, 9.17) is 5.11 Å². The molecule has 0 spiro atoms. The minimum absolute atomic E-state index is 0.0439. The highest BCUT2D eigenvalue weighted by molar-refractivity contribution is 8.01. The number of rotatable bonds is 17. The van der Waals surface area contributed by atoms with Crippen molar-refractivity contribution in [2.45, 2.75) is 77.0 Å². The van der Waals surface area contributed by atoms with E-state index >= 15 is 0 Å². The van der Waals surface area contributed by atoms with Gasteiger partial charge in [-0.1, -0.05) is 38.1 Å². The van der Waals surface area contributed by atoms with Crippen molar-refractivity contribution in [3.8, 4) is 0 Å². The monoisotopic (exact) mass is 584 g/mol. The number of carboxylic acid groups (broad SMARTS) is 1. The number of carbonyl (C=O) groups is 4. The molecule has 0 bridgehead atoms. The number of hydrogen-bond acceptors (Lipinski definition) is 5. The molecule has 9 nitrogen and oxygen atoms in total. The Morgan fingerprint density at radius 3 is 2.44 bits per heavy atom. The molecule has 2 aromatic rings. The van der Waals surface area contributed by atoms with Crippen LogP contribution in [0.2, 0.25) is 0 Å². The maximum absolute atomic E-state index is 13.0. The average molecular weight is 585 g/mol. The van der Waals surface area contributed by atoms with E-state index in [1.54, 1.807) is 23.9 Å². The van der Waals surface area contributed by atoms with Gasteiger partial charge >= 0.3 is 5.97 Å². The van der Waals surface area contributed by atoms with Crippen molar-refractivity contribution in [2.24, 2.45) is 7.05 Å². The van der Waals surface area contributed by atoms with Crippen molar-refractivity contribution >= 4 is 41.1 Å². The Balaban J connectivity index is 1.90. The van der Waals surface area contributed by atoms with Crippen LogP contribution in [0.25, 0.3) is 0 Å². The van der Waals surface area contributed by atoms with Crippen LogP contribution in [0.4, 0.5) is 5.69 Å². The second kappa shape index (κ2) is 16.7. The molecular weight excluding hydrogens is 540 g/mol. The highest BCUT2D eigenvalue weighted by atomic mass is 32.2. The minimum atomic E-state index is -1.07. The van der Waals surface area contributed by atoms with E-state index in [1.165, 1.54) is 11.3 Å². The summed E-state index contributed by atoms with van der Waals surface area (Å²) in [6, 6.07) is 8.45. The second-order valence-corrected chi connectivity index (χ2v) is 12.1. The fraction of sp³-hybridized carbons (Fsp3) is 0.484. The van der Waals surface area contributed by atoms with E-state index in [0.717, 1.165) is 31.2 Å². The molecule has 2 atom stereocenters. The topological polar surface area (TPSA) is 130 Å². The number of anilines is 1. The van der Waals surface area contributed by atoms with Gasteiger partial charge in [-0.3, -0.25) is 19.2 Å². The summed E-state index contributed by atoms with van der Waals surface area (Å²) in [5.74, 6) is -2.21. The van der Waals surface area contributed by atoms with Crippen LogP contribution in [0.1, 0.15) is 69.7 Å².